The van der Waals surface area contributed by atoms with Gasteiger partial charge in [0.05, 0.1) is 6.61 Å². The first-order valence-corrected chi connectivity index (χ1v) is 9.70. The van der Waals surface area contributed by atoms with E-state index in [1.54, 1.807) is 0 Å². The third-order valence-corrected chi connectivity index (χ3v) is 6.39. The van der Waals surface area contributed by atoms with E-state index in [4.69, 9.17) is 23.7 Å². The zero-order valence-corrected chi connectivity index (χ0v) is 14.2. The first-order chi connectivity index (χ1) is 11.7. The Bertz CT molecular complexity index is 470. The first-order valence-electron chi connectivity index (χ1n) is 9.70. The molecule has 136 valence electrons. The smallest absolute Gasteiger partial charge is 0.190 e. The zero-order valence-electron chi connectivity index (χ0n) is 14.2. The van der Waals surface area contributed by atoms with Gasteiger partial charge in [0.25, 0.3) is 0 Å². The van der Waals surface area contributed by atoms with Crippen LogP contribution in [0.25, 0.3) is 0 Å². The molecule has 5 rings (SSSR count). The van der Waals surface area contributed by atoms with Gasteiger partial charge in [-0.3, -0.25) is 0 Å². The Kier molecular flexibility index (Phi) is 3.92. The van der Waals surface area contributed by atoms with E-state index in [9.17, 15) is 5.11 Å². The quantitative estimate of drug-likeness (QED) is 0.789. The number of hydrogen-bond acceptors (Lipinski definition) is 6. The lowest BCUT2D eigenvalue weighted by Crippen LogP contribution is -2.44. The fraction of sp³-hybridized carbons (Fsp3) is 1.00. The molecule has 2 saturated carbocycles. The van der Waals surface area contributed by atoms with Gasteiger partial charge in [-0.1, -0.05) is 12.8 Å². The predicted octanol–water partition coefficient (Wildman–Crippen LogP) is 2.22. The zero-order chi connectivity index (χ0) is 16.2. The molecule has 0 aromatic heterocycles. The summed E-state index contributed by atoms with van der Waals surface area (Å²) in [5.41, 5.74) is 0. The molecule has 2 spiro atoms. The molecular weight excluding hydrogens is 312 g/mol. The highest BCUT2D eigenvalue weighted by molar-refractivity contribution is 5.00. The second kappa shape index (κ2) is 5.89. The summed E-state index contributed by atoms with van der Waals surface area (Å²) >= 11 is 0. The van der Waals surface area contributed by atoms with Crippen molar-refractivity contribution in [3.8, 4) is 0 Å². The second-order valence-electron chi connectivity index (χ2n) is 8.07. The van der Waals surface area contributed by atoms with Crippen LogP contribution in [0.3, 0.4) is 0 Å². The molecular formula is C18H28O6. The number of fused-ring (bicyclic) bond motifs is 1. The van der Waals surface area contributed by atoms with Crippen molar-refractivity contribution in [2.75, 3.05) is 6.61 Å². The molecule has 3 heterocycles. The topological polar surface area (TPSA) is 66.4 Å². The maximum atomic E-state index is 10.8. The Morgan fingerprint density at radius 1 is 0.708 bits per heavy atom. The van der Waals surface area contributed by atoms with Gasteiger partial charge in [-0.2, -0.15) is 0 Å². The molecule has 5 aliphatic rings. The largest absolute Gasteiger partial charge is 0.387 e. The molecule has 0 amide bonds. The van der Waals surface area contributed by atoms with Crippen LogP contribution in [0.4, 0.5) is 0 Å². The molecule has 5 fully saturated rings. The van der Waals surface area contributed by atoms with Gasteiger partial charge >= 0.3 is 0 Å². The minimum Gasteiger partial charge on any atom is -0.387 e. The number of hydrogen-bond donors (Lipinski definition) is 1. The molecule has 0 aromatic rings. The molecule has 6 nitrogen and oxygen atoms in total. The Hall–Kier alpha value is -0.240. The highest BCUT2D eigenvalue weighted by Gasteiger charge is 2.60. The van der Waals surface area contributed by atoms with Crippen molar-refractivity contribution in [1.29, 1.82) is 0 Å². The van der Waals surface area contributed by atoms with Crippen LogP contribution in [-0.4, -0.2) is 54.0 Å². The summed E-state index contributed by atoms with van der Waals surface area (Å²) in [5.74, 6) is -0.979. The van der Waals surface area contributed by atoms with Crippen molar-refractivity contribution in [3.05, 3.63) is 0 Å². The van der Waals surface area contributed by atoms with Crippen LogP contribution < -0.4 is 0 Å². The maximum absolute atomic E-state index is 10.8. The van der Waals surface area contributed by atoms with Crippen molar-refractivity contribution < 1.29 is 28.8 Å². The lowest BCUT2D eigenvalue weighted by atomic mass is 9.94. The van der Waals surface area contributed by atoms with Crippen LogP contribution in [0.2, 0.25) is 0 Å². The fourth-order valence-electron chi connectivity index (χ4n) is 5.09. The van der Waals surface area contributed by atoms with E-state index < -0.39 is 36.2 Å². The van der Waals surface area contributed by atoms with E-state index in [0.29, 0.717) is 6.61 Å². The van der Waals surface area contributed by atoms with Gasteiger partial charge in [0, 0.05) is 25.7 Å². The average molecular weight is 340 g/mol. The van der Waals surface area contributed by atoms with E-state index in [1.165, 1.54) is 12.8 Å². The Balaban J connectivity index is 1.24. The summed E-state index contributed by atoms with van der Waals surface area (Å²) in [6.07, 6.45) is 8.38. The van der Waals surface area contributed by atoms with Crippen molar-refractivity contribution in [2.24, 2.45) is 0 Å². The molecule has 5 atom stereocenters. The van der Waals surface area contributed by atoms with Crippen molar-refractivity contribution >= 4 is 0 Å². The van der Waals surface area contributed by atoms with E-state index in [1.807, 2.05) is 0 Å². The molecule has 6 heteroatoms. The number of aliphatic hydroxyl groups excluding tert-OH is 1. The van der Waals surface area contributed by atoms with Crippen LogP contribution in [0, 0.1) is 0 Å². The fourth-order valence-corrected chi connectivity index (χ4v) is 5.09. The minimum absolute atomic E-state index is 0.238. The predicted molar refractivity (Wildman–Crippen MR) is 83.1 cm³/mol. The van der Waals surface area contributed by atoms with Gasteiger partial charge in [-0.15, -0.1) is 0 Å². The third kappa shape index (κ3) is 2.54. The standard InChI is InChI=1S/C18H28O6/c19-13-14(12-11-20-17(22-12)7-3-1-4-8-17)21-16-15(13)23-18(24-16)9-5-2-6-10-18/h12-16,19H,1-11H2/t12-,13-,14+,15+,16+/m0/s1. The Morgan fingerprint density at radius 2 is 1.38 bits per heavy atom. The van der Waals surface area contributed by atoms with Crippen LogP contribution in [0.5, 0.6) is 0 Å². The second-order valence-corrected chi connectivity index (χ2v) is 8.07. The van der Waals surface area contributed by atoms with Crippen LogP contribution in [0.1, 0.15) is 64.2 Å². The van der Waals surface area contributed by atoms with E-state index in [0.717, 1.165) is 51.4 Å². The molecule has 3 saturated heterocycles. The lowest BCUT2D eigenvalue weighted by Gasteiger charge is -2.34. The molecule has 0 unspecified atom stereocenters. The molecule has 24 heavy (non-hydrogen) atoms. The summed E-state index contributed by atoms with van der Waals surface area (Å²) < 4.78 is 30.5. The molecule has 0 radical (unpaired) electrons. The Labute approximate surface area is 142 Å². The minimum atomic E-state index is -0.719. The Morgan fingerprint density at radius 3 is 2.04 bits per heavy atom. The van der Waals surface area contributed by atoms with Gasteiger partial charge in [0.1, 0.15) is 24.4 Å². The summed E-state index contributed by atoms with van der Waals surface area (Å²) in [6.45, 7) is 0.478. The molecule has 0 bridgehead atoms. The number of rotatable bonds is 1. The summed E-state index contributed by atoms with van der Waals surface area (Å²) in [5, 5.41) is 10.8. The van der Waals surface area contributed by atoms with Gasteiger partial charge in [0.2, 0.25) is 0 Å². The number of ether oxygens (including phenoxy) is 5. The first kappa shape index (κ1) is 16.0. The molecule has 0 aromatic carbocycles. The maximum Gasteiger partial charge on any atom is 0.190 e. The molecule has 3 aliphatic heterocycles. The van der Waals surface area contributed by atoms with E-state index >= 15 is 0 Å². The van der Waals surface area contributed by atoms with Crippen molar-refractivity contribution in [1.82, 2.24) is 0 Å². The van der Waals surface area contributed by atoms with Gasteiger partial charge in [-0.25, -0.2) is 0 Å². The summed E-state index contributed by atoms with van der Waals surface area (Å²) in [7, 11) is 0. The molecule has 1 N–H and O–H groups in total. The van der Waals surface area contributed by atoms with Crippen LogP contribution in [0.15, 0.2) is 0 Å². The van der Waals surface area contributed by atoms with Crippen LogP contribution >= 0.6 is 0 Å². The van der Waals surface area contributed by atoms with Crippen molar-refractivity contribution in [2.45, 2.75) is 106 Å². The van der Waals surface area contributed by atoms with E-state index in [2.05, 4.69) is 0 Å². The van der Waals surface area contributed by atoms with E-state index in [-0.39, 0.29) is 6.10 Å². The lowest BCUT2D eigenvalue weighted by molar-refractivity contribution is -0.259. The highest BCUT2D eigenvalue weighted by Crippen LogP contribution is 2.47. The normalized spacial score (nSPS) is 46.6. The number of aliphatic hydroxyl groups is 1. The molecule has 2 aliphatic carbocycles. The summed E-state index contributed by atoms with van der Waals surface area (Å²) in [4.78, 5) is 0. The van der Waals surface area contributed by atoms with Gasteiger partial charge in [-0.05, 0) is 25.7 Å². The SMILES string of the molecule is O[C@@H]1[C@H]2OC3(CCCCC3)O[C@H]2O[C@@H]1[C@@H]1COC2(CCCCC2)O1. The highest BCUT2D eigenvalue weighted by atomic mass is 16.8. The van der Waals surface area contributed by atoms with Crippen LogP contribution in [-0.2, 0) is 23.7 Å². The third-order valence-electron chi connectivity index (χ3n) is 6.39. The monoisotopic (exact) mass is 340 g/mol. The summed E-state index contributed by atoms with van der Waals surface area (Å²) in [6, 6.07) is 0. The van der Waals surface area contributed by atoms with Crippen molar-refractivity contribution in [3.63, 3.8) is 0 Å². The van der Waals surface area contributed by atoms with Gasteiger partial charge in [0.15, 0.2) is 17.9 Å². The van der Waals surface area contributed by atoms with Gasteiger partial charge < -0.3 is 28.8 Å². The average Bonchev–Trinajstić information content (AvgIpc) is 3.23.